The Labute approximate surface area is 166 Å². The Bertz CT molecular complexity index is 1050. The molecule has 3 aromatic rings. The van der Waals surface area contributed by atoms with Gasteiger partial charge in [0, 0.05) is 11.4 Å². The van der Waals surface area contributed by atoms with E-state index in [2.05, 4.69) is 10.6 Å². The summed E-state index contributed by atoms with van der Waals surface area (Å²) in [5.74, 6) is -1.27. The number of carbonyl (C=O) groups excluding carboxylic acids is 2. The summed E-state index contributed by atoms with van der Waals surface area (Å²) >= 11 is 0. The maximum Gasteiger partial charge on any atom is 0.338 e. The van der Waals surface area contributed by atoms with Gasteiger partial charge < -0.3 is 31.3 Å². The Morgan fingerprint density at radius 3 is 1.59 bits per heavy atom. The van der Waals surface area contributed by atoms with E-state index in [1.165, 1.54) is 43.5 Å². The molecule has 0 aromatic heterocycles. The van der Waals surface area contributed by atoms with Gasteiger partial charge in [0.1, 0.15) is 11.5 Å². The second-order valence-corrected chi connectivity index (χ2v) is 6.14. The highest BCUT2D eigenvalue weighted by atomic mass is 16.5. The number of esters is 1. The fourth-order valence-electron chi connectivity index (χ4n) is 2.69. The van der Waals surface area contributed by atoms with Gasteiger partial charge in [-0.3, -0.25) is 4.79 Å². The monoisotopic (exact) mass is 393 g/mol. The van der Waals surface area contributed by atoms with E-state index in [4.69, 9.17) is 10.5 Å². The van der Waals surface area contributed by atoms with Crippen LogP contribution in [0, 0.1) is 0 Å². The van der Waals surface area contributed by atoms with Gasteiger partial charge >= 0.3 is 5.97 Å². The van der Waals surface area contributed by atoms with E-state index in [1.54, 1.807) is 24.3 Å². The van der Waals surface area contributed by atoms with Crippen LogP contribution in [0.2, 0.25) is 0 Å². The SMILES string of the molecule is COC(=O)c1cc(Nc2ccc(O)cc2)c(Nc2ccc(O)cc2)cc1C(N)=O. The van der Waals surface area contributed by atoms with Crippen molar-refractivity contribution in [3.63, 3.8) is 0 Å². The number of amides is 1. The Kier molecular flexibility index (Phi) is 5.54. The molecule has 8 nitrogen and oxygen atoms in total. The van der Waals surface area contributed by atoms with Crippen LogP contribution >= 0.6 is 0 Å². The van der Waals surface area contributed by atoms with E-state index in [0.717, 1.165) is 0 Å². The molecule has 0 saturated heterocycles. The van der Waals surface area contributed by atoms with Crippen LogP contribution in [0.5, 0.6) is 11.5 Å². The molecule has 0 radical (unpaired) electrons. The van der Waals surface area contributed by atoms with Gasteiger partial charge in [-0.15, -0.1) is 0 Å². The van der Waals surface area contributed by atoms with Crippen LogP contribution in [0.3, 0.4) is 0 Å². The van der Waals surface area contributed by atoms with E-state index in [-0.39, 0.29) is 22.6 Å². The number of phenols is 2. The van der Waals surface area contributed by atoms with E-state index in [9.17, 15) is 19.8 Å². The summed E-state index contributed by atoms with van der Waals surface area (Å²) in [6, 6.07) is 15.5. The number of carbonyl (C=O) groups is 2. The van der Waals surface area contributed by atoms with Crippen molar-refractivity contribution in [1.82, 2.24) is 0 Å². The summed E-state index contributed by atoms with van der Waals surface area (Å²) in [4.78, 5) is 24.1. The van der Waals surface area contributed by atoms with Gasteiger partial charge in [-0.25, -0.2) is 4.79 Å². The van der Waals surface area contributed by atoms with Crippen LogP contribution in [0.15, 0.2) is 60.7 Å². The van der Waals surface area contributed by atoms with Gasteiger partial charge in [0.2, 0.25) is 5.91 Å². The fourth-order valence-corrected chi connectivity index (χ4v) is 2.69. The lowest BCUT2D eigenvalue weighted by Gasteiger charge is -2.17. The number of methoxy groups -OCH3 is 1. The van der Waals surface area contributed by atoms with Crippen LogP contribution < -0.4 is 16.4 Å². The van der Waals surface area contributed by atoms with E-state index >= 15 is 0 Å². The summed E-state index contributed by atoms with van der Waals surface area (Å²) in [7, 11) is 1.21. The molecule has 0 aliphatic heterocycles. The number of anilines is 4. The second-order valence-electron chi connectivity index (χ2n) is 6.14. The van der Waals surface area contributed by atoms with Crippen molar-refractivity contribution in [3.05, 3.63) is 71.8 Å². The predicted octanol–water partition coefficient (Wildman–Crippen LogP) is 3.47. The van der Waals surface area contributed by atoms with Gasteiger partial charge in [-0.05, 0) is 60.7 Å². The minimum atomic E-state index is -0.782. The average molecular weight is 393 g/mol. The highest BCUT2D eigenvalue weighted by Crippen LogP contribution is 2.33. The molecule has 0 atom stereocenters. The maximum atomic E-state index is 12.2. The van der Waals surface area contributed by atoms with Crippen molar-refractivity contribution in [2.75, 3.05) is 17.7 Å². The number of ether oxygens (including phenoxy) is 1. The smallest absolute Gasteiger partial charge is 0.338 e. The standard InChI is InChI=1S/C21H19N3O5/c1-29-21(28)17-11-19(24-13-4-8-15(26)9-5-13)18(10-16(17)20(22)27)23-12-2-6-14(25)7-3-12/h2-11,23-26H,1H3,(H2,22,27). The number of hydrogen-bond donors (Lipinski definition) is 5. The van der Waals surface area contributed by atoms with Crippen molar-refractivity contribution >= 4 is 34.6 Å². The van der Waals surface area contributed by atoms with Gasteiger partial charge in [-0.2, -0.15) is 0 Å². The lowest BCUT2D eigenvalue weighted by atomic mass is 10.0. The number of rotatable bonds is 6. The molecule has 0 fully saturated rings. The molecule has 29 heavy (non-hydrogen) atoms. The van der Waals surface area contributed by atoms with Crippen molar-refractivity contribution in [2.45, 2.75) is 0 Å². The highest BCUT2D eigenvalue weighted by Gasteiger charge is 2.20. The maximum absolute atomic E-state index is 12.2. The van der Waals surface area contributed by atoms with E-state index in [0.29, 0.717) is 22.7 Å². The first-order valence-corrected chi connectivity index (χ1v) is 8.55. The fraction of sp³-hybridized carbons (Fsp3) is 0.0476. The molecule has 0 heterocycles. The number of aromatic hydroxyl groups is 2. The van der Waals surface area contributed by atoms with Crippen molar-refractivity contribution in [1.29, 1.82) is 0 Å². The van der Waals surface area contributed by atoms with Crippen molar-refractivity contribution in [2.24, 2.45) is 5.73 Å². The van der Waals surface area contributed by atoms with Crippen molar-refractivity contribution < 1.29 is 24.5 Å². The molecule has 148 valence electrons. The van der Waals surface area contributed by atoms with Crippen LogP contribution in [0.1, 0.15) is 20.7 Å². The second kappa shape index (κ2) is 8.22. The predicted molar refractivity (Wildman–Crippen MR) is 109 cm³/mol. The summed E-state index contributed by atoms with van der Waals surface area (Å²) in [6.07, 6.45) is 0. The summed E-state index contributed by atoms with van der Waals surface area (Å²) in [6.45, 7) is 0. The van der Waals surface area contributed by atoms with Crippen molar-refractivity contribution in [3.8, 4) is 11.5 Å². The zero-order chi connectivity index (χ0) is 21.0. The van der Waals surface area contributed by atoms with Crippen LogP contribution in [-0.2, 0) is 4.74 Å². The molecule has 0 saturated carbocycles. The Balaban J connectivity index is 2.09. The number of nitrogens with two attached hydrogens (primary N) is 1. The Morgan fingerprint density at radius 1 is 0.793 bits per heavy atom. The molecular weight excluding hydrogens is 374 g/mol. The summed E-state index contributed by atoms with van der Waals surface area (Å²) in [5, 5.41) is 25.2. The van der Waals surface area contributed by atoms with Gasteiger partial charge in [0.15, 0.2) is 0 Å². The topological polar surface area (TPSA) is 134 Å². The third kappa shape index (κ3) is 4.56. The number of phenolic OH excluding ortho intramolecular Hbond substituents is 2. The average Bonchev–Trinajstić information content (AvgIpc) is 2.71. The normalized spacial score (nSPS) is 10.2. The van der Waals surface area contributed by atoms with Gasteiger partial charge in [-0.1, -0.05) is 0 Å². The minimum absolute atomic E-state index is 0.00520. The first-order valence-electron chi connectivity index (χ1n) is 8.55. The van der Waals surface area contributed by atoms with E-state index in [1.807, 2.05) is 0 Å². The zero-order valence-electron chi connectivity index (χ0n) is 15.5. The molecule has 3 aromatic carbocycles. The largest absolute Gasteiger partial charge is 0.508 e. The Morgan fingerprint density at radius 2 is 1.21 bits per heavy atom. The minimum Gasteiger partial charge on any atom is -0.508 e. The van der Waals surface area contributed by atoms with Gasteiger partial charge in [0.25, 0.3) is 0 Å². The molecule has 1 amide bonds. The lowest BCUT2D eigenvalue weighted by Crippen LogP contribution is -2.18. The molecule has 8 heteroatoms. The molecule has 0 aliphatic rings. The van der Waals surface area contributed by atoms with Crippen LogP contribution in [0.25, 0.3) is 0 Å². The molecule has 0 unspecified atom stereocenters. The number of benzene rings is 3. The number of nitrogens with one attached hydrogen (secondary N) is 2. The summed E-state index contributed by atoms with van der Waals surface area (Å²) in [5.41, 5.74) is 7.66. The quantitative estimate of drug-likeness (QED) is 0.320. The number of primary amides is 1. The van der Waals surface area contributed by atoms with Crippen LogP contribution in [-0.4, -0.2) is 29.2 Å². The van der Waals surface area contributed by atoms with Gasteiger partial charge in [0.05, 0.1) is 29.6 Å². The van der Waals surface area contributed by atoms with E-state index < -0.39 is 11.9 Å². The Hall–Kier alpha value is -4.20. The molecule has 0 aliphatic carbocycles. The molecule has 6 N–H and O–H groups in total. The third-order valence-electron chi connectivity index (χ3n) is 4.12. The molecule has 0 spiro atoms. The number of hydrogen-bond acceptors (Lipinski definition) is 7. The third-order valence-corrected chi connectivity index (χ3v) is 4.12. The first-order chi connectivity index (χ1) is 13.9. The molecular formula is C21H19N3O5. The molecule has 3 rings (SSSR count). The van der Waals surface area contributed by atoms with Crippen LogP contribution in [0.4, 0.5) is 22.7 Å². The molecule has 0 bridgehead atoms. The highest BCUT2D eigenvalue weighted by molar-refractivity contribution is 6.07. The first kappa shape index (κ1) is 19.6. The summed E-state index contributed by atoms with van der Waals surface area (Å²) < 4.78 is 4.76. The lowest BCUT2D eigenvalue weighted by molar-refractivity contribution is 0.0597. The zero-order valence-corrected chi connectivity index (χ0v) is 15.5.